The Balaban J connectivity index is 1.52. The SMILES string of the molecule is CCNC(=NCc1ccnc(-n2cccn2)c1)NCCOc1ccc(C)cc1. The van der Waals surface area contributed by atoms with Crippen molar-refractivity contribution in [3.63, 3.8) is 0 Å². The zero-order chi connectivity index (χ0) is 19.6. The number of guanidine groups is 1. The summed E-state index contributed by atoms with van der Waals surface area (Å²) in [5.74, 6) is 2.41. The molecule has 0 radical (unpaired) electrons. The Morgan fingerprint density at radius 3 is 2.75 bits per heavy atom. The number of ether oxygens (including phenoxy) is 1. The molecule has 28 heavy (non-hydrogen) atoms. The van der Waals surface area contributed by atoms with Gasteiger partial charge in [0.05, 0.1) is 13.1 Å². The summed E-state index contributed by atoms with van der Waals surface area (Å²) in [6.07, 6.45) is 5.38. The van der Waals surface area contributed by atoms with E-state index < -0.39 is 0 Å². The number of hydrogen-bond acceptors (Lipinski definition) is 4. The number of benzene rings is 1. The van der Waals surface area contributed by atoms with Crippen LogP contribution in [-0.4, -0.2) is 40.4 Å². The van der Waals surface area contributed by atoms with Gasteiger partial charge in [0.15, 0.2) is 11.8 Å². The van der Waals surface area contributed by atoms with Crippen molar-refractivity contribution in [2.75, 3.05) is 19.7 Å². The molecule has 0 bridgehead atoms. The summed E-state index contributed by atoms with van der Waals surface area (Å²) in [4.78, 5) is 8.99. The van der Waals surface area contributed by atoms with Crippen molar-refractivity contribution < 1.29 is 4.74 Å². The maximum Gasteiger partial charge on any atom is 0.191 e. The van der Waals surface area contributed by atoms with Crippen molar-refractivity contribution in [1.29, 1.82) is 0 Å². The van der Waals surface area contributed by atoms with E-state index in [1.165, 1.54) is 5.56 Å². The van der Waals surface area contributed by atoms with Gasteiger partial charge in [-0.05, 0) is 49.7 Å². The van der Waals surface area contributed by atoms with Gasteiger partial charge >= 0.3 is 0 Å². The highest BCUT2D eigenvalue weighted by Crippen LogP contribution is 2.11. The largest absolute Gasteiger partial charge is 0.492 e. The molecule has 0 amide bonds. The Morgan fingerprint density at radius 2 is 2.00 bits per heavy atom. The van der Waals surface area contributed by atoms with Crippen LogP contribution >= 0.6 is 0 Å². The second-order valence-corrected chi connectivity index (χ2v) is 6.26. The van der Waals surface area contributed by atoms with Crippen LogP contribution in [0.5, 0.6) is 5.75 Å². The average Bonchev–Trinajstić information content (AvgIpc) is 3.26. The second-order valence-electron chi connectivity index (χ2n) is 6.26. The predicted molar refractivity (Wildman–Crippen MR) is 111 cm³/mol. The molecule has 0 atom stereocenters. The van der Waals surface area contributed by atoms with E-state index in [1.807, 2.05) is 55.6 Å². The van der Waals surface area contributed by atoms with Gasteiger partial charge in [-0.2, -0.15) is 5.10 Å². The van der Waals surface area contributed by atoms with Crippen LogP contribution in [0.1, 0.15) is 18.1 Å². The van der Waals surface area contributed by atoms with Crippen molar-refractivity contribution in [1.82, 2.24) is 25.4 Å². The third-order valence-corrected chi connectivity index (χ3v) is 4.00. The summed E-state index contributed by atoms with van der Waals surface area (Å²) >= 11 is 0. The van der Waals surface area contributed by atoms with Crippen molar-refractivity contribution in [2.24, 2.45) is 4.99 Å². The number of aliphatic imine (C=N–C) groups is 1. The molecular formula is C21H26N6O. The summed E-state index contributed by atoms with van der Waals surface area (Å²) in [5.41, 5.74) is 2.28. The number of hydrogen-bond donors (Lipinski definition) is 2. The molecule has 7 heteroatoms. The zero-order valence-electron chi connectivity index (χ0n) is 16.3. The smallest absolute Gasteiger partial charge is 0.191 e. The van der Waals surface area contributed by atoms with Gasteiger partial charge in [0, 0.05) is 25.1 Å². The lowest BCUT2D eigenvalue weighted by Crippen LogP contribution is -2.39. The Labute approximate surface area is 165 Å². The summed E-state index contributed by atoms with van der Waals surface area (Å²) in [6.45, 7) is 6.67. The maximum absolute atomic E-state index is 5.75. The molecule has 0 aliphatic heterocycles. The van der Waals surface area contributed by atoms with Gasteiger partial charge in [0.2, 0.25) is 0 Å². The first-order chi connectivity index (χ1) is 13.7. The molecule has 2 heterocycles. The van der Waals surface area contributed by atoms with Crippen LogP contribution in [0.2, 0.25) is 0 Å². The lowest BCUT2D eigenvalue weighted by atomic mass is 10.2. The van der Waals surface area contributed by atoms with Gasteiger partial charge in [-0.25, -0.2) is 14.7 Å². The second kappa shape index (κ2) is 10.1. The number of pyridine rings is 1. The van der Waals surface area contributed by atoms with Crippen molar-refractivity contribution in [3.8, 4) is 11.6 Å². The Kier molecular flexibility index (Phi) is 7.01. The molecule has 1 aromatic carbocycles. The Hall–Kier alpha value is -3.35. The summed E-state index contributed by atoms with van der Waals surface area (Å²) < 4.78 is 7.48. The molecule has 2 N–H and O–H groups in total. The normalized spacial score (nSPS) is 11.3. The number of aryl methyl sites for hydroxylation is 1. The number of nitrogens with zero attached hydrogens (tertiary/aromatic N) is 4. The molecule has 2 aromatic heterocycles. The summed E-state index contributed by atoms with van der Waals surface area (Å²) in [5, 5.41) is 10.8. The van der Waals surface area contributed by atoms with Crippen LogP contribution in [-0.2, 0) is 6.54 Å². The van der Waals surface area contributed by atoms with E-state index >= 15 is 0 Å². The lowest BCUT2D eigenvalue weighted by molar-refractivity contribution is 0.322. The van der Waals surface area contributed by atoms with Gasteiger partial charge in [-0.3, -0.25) is 0 Å². The molecule has 0 spiro atoms. The van der Waals surface area contributed by atoms with Crippen molar-refractivity contribution >= 4 is 5.96 Å². The van der Waals surface area contributed by atoms with Crippen LogP contribution in [0.4, 0.5) is 0 Å². The minimum atomic E-state index is 0.547. The highest BCUT2D eigenvalue weighted by Gasteiger charge is 2.02. The molecular weight excluding hydrogens is 352 g/mol. The van der Waals surface area contributed by atoms with Gasteiger partial charge in [-0.1, -0.05) is 17.7 Å². The van der Waals surface area contributed by atoms with Crippen LogP contribution in [0.15, 0.2) is 66.0 Å². The molecule has 3 aromatic rings. The molecule has 0 aliphatic carbocycles. The fraction of sp³-hybridized carbons (Fsp3) is 0.286. The lowest BCUT2D eigenvalue weighted by Gasteiger charge is -2.12. The molecule has 0 saturated heterocycles. The van der Waals surface area contributed by atoms with Crippen LogP contribution < -0.4 is 15.4 Å². The van der Waals surface area contributed by atoms with Gasteiger partial charge in [0.25, 0.3) is 0 Å². The molecule has 0 fully saturated rings. The molecule has 3 rings (SSSR count). The van der Waals surface area contributed by atoms with Gasteiger partial charge < -0.3 is 15.4 Å². The van der Waals surface area contributed by atoms with Crippen molar-refractivity contribution in [3.05, 3.63) is 72.2 Å². The fourth-order valence-electron chi connectivity index (χ4n) is 2.57. The first kappa shape index (κ1) is 19.4. The van der Waals surface area contributed by atoms with Crippen molar-refractivity contribution in [2.45, 2.75) is 20.4 Å². The third-order valence-electron chi connectivity index (χ3n) is 4.00. The van der Waals surface area contributed by atoms with E-state index in [2.05, 4.69) is 32.6 Å². The van der Waals surface area contributed by atoms with E-state index in [4.69, 9.17) is 4.74 Å². The Morgan fingerprint density at radius 1 is 1.14 bits per heavy atom. The monoisotopic (exact) mass is 378 g/mol. The minimum absolute atomic E-state index is 0.547. The van der Waals surface area contributed by atoms with E-state index in [0.717, 1.165) is 29.6 Å². The van der Waals surface area contributed by atoms with E-state index in [0.29, 0.717) is 19.7 Å². The average molecular weight is 378 g/mol. The maximum atomic E-state index is 5.75. The molecule has 7 nitrogen and oxygen atoms in total. The molecule has 146 valence electrons. The first-order valence-electron chi connectivity index (χ1n) is 9.41. The quantitative estimate of drug-likeness (QED) is 0.358. The standard InChI is InChI=1S/C21H26N6O/c1-3-22-21(24-12-14-28-19-7-5-17(2)6-8-19)25-16-18-9-11-23-20(15-18)27-13-4-10-26-27/h4-11,13,15H,3,12,14,16H2,1-2H3,(H2,22,24,25). The summed E-state index contributed by atoms with van der Waals surface area (Å²) in [6, 6.07) is 13.9. The predicted octanol–water partition coefficient (Wildman–Crippen LogP) is 2.71. The molecule has 0 saturated carbocycles. The van der Waals surface area contributed by atoms with Crippen LogP contribution in [0.25, 0.3) is 5.82 Å². The number of rotatable bonds is 8. The zero-order valence-corrected chi connectivity index (χ0v) is 16.3. The van der Waals surface area contributed by atoms with Gasteiger partial charge in [-0.15, -0.1) is 0 Å². The highest BCUT2D eigenvalue weighted by molar-refractivity contribution is 5.79. The Bertz CT molecular complexity index is 874. The van der Waals surface area contributed by atoms with Crippen LogP contribution in [0, 0.1) is 6.92 Å². The number of nitrogens with one attached hydrogen (secondary N) is 2. The minimum Gasteiger partial charge on any atom is -0.492 e. The van der Waals surface area contributed by atoms with Gasteiger partial charge in [0.1, 0.15) is 12.4 Å². The fourth-order valence-corrected chi connectivity index (χ4v) is 2.57. The highest BCUT2D eigenvalue weighted by atomic mass is 16.5. The first-order valence-corrected chi connectivity index (χ1v) is 9.41. The molecule has 0 unspecified atom stereocenters. The summed E-state index contributed by atoms with van der Waals surface area (Å²) in [7, 11) is 0. The van der Waals surface area contributed by atoms with E-state index in [1.54, 1.807) is 17.1 Å². The topological polar surface area (TPSA) is 76.4 Å². The van der Waals surface area contributed by atoms with E-state index in [9.17, 15) is 0 Å². The number of aromatic nitrogens is 3. The molecule has 0 aliphatic rings. The third kappa shape index (κ3) is 5.84. The van der Waals surface area contributed by atoms with Crippen LogP contribution in [0.3, 0.4) is 0 Å². The van der Waals surface area contributed by atoms with E-state index in [-0.39, 0.29) is 0 Å².